The standard InChI is InChI=1S/C25H47NO10/c1-4-15(3)23(32)17(22(25(35)36)18(24(33)34)12-21(30)31)10-14(2)8-6-5-7-9-19(28)20(29)11-16(27)13-26/h14-20,22-23,27-29,32H,4-13,26H2,1-3H3,(H,30,31)(H,33,34)(H,35,36)/t14-,15+,16-,17?,18+,19+,20-,22?,23+/m0/s1. The van der Waals surface area contributed by atoms with Crippen molar-refractivity contribution in [2.24, 2.45) is 35.3 Å². The van der Waals surface area contributed by atoms with Crippen LogP contribution >= 0.6 is 0 Å². The number of hydrogen-bond donors (Lipinski definition) is 8. The van der Waals surface area contributed by atoms with Crippen LogP contribution in [-0.4, -0.2) is 84.6 Å². The summed E-state index contributed by atoms with van der Waals surface area (Å²) in [6.07, 6.45) is -0.994. The molecule has 0 aliphatic heterocycles. The minimum absolute atomic E-state index is 0.000643. The molecule has 0 heterocycles. The molecule has 0 aromatic carbocycles. The van der Waals surface area contributed by atoms with E-state index in [1.807, 2.05) is 13.8 Å². The summed E-state index contributed by atoms with van der Waals surface area (Å²) in [5, 5.41) is 68.9. The van der Waals surface area contributed by atoms with E-state index in [4.69, 9.17) is 10.8 Å². The number of carbonyl (C=O) groups is 3. The van der Waals surface area contributed by atoms with Crippen molar-refractivity contribution < 1.29 is 50.1 Å². The summed E-state index contributed by atoms with van der Waals surface area (Å²) >= 11 is 0. The first-order valence-electron chi connectivity index (χ1n) is 12.9. The van der Waals surface area contributed by atoms with Crippen LogP contribution in [0.15, 0.2) is 0 Å². The average Bonchev–Trinajstić information content (AvgIpc) is 2.80. The molecular formula is C25H47NO10. The predicted molar refractivity (Wildman–Crippen MR) is 132 cm³/mol. The molecule has 0 fully saturated rings. The van der Waals surface area contributed by atoms with E-state index in [1.165, 1.54) is 0 Å². The third kappa shape index (κ3) is 12.4. The molecule has 9 atom stereocenters. The summed E-state index contributed by atoms with van der Waals surface area (Å²) in [7, 11) is 0. The van der Waals surface area contributed by atoms with Crippen molar-refractivity contribution in [3.63, 3.8) is 0 Å². The molecule has 36 heavy (non-hydrogen) atoms. The smallest absolute Gasteiger partial charge is 0.307 e. The highest BCUT2D eigenvalue weighted by molar-refractivity contribution is 5.84. The first-order chi connectivity index (χ1) is 16.8. The van der Waals surface area contributed by atoms with Crippen LogP contribution in [0.5, 0.6) is 0 Å². The van der Waals surface area contributed by atoms with Gasteiger partial charge in [0.25, 0.3) is 0 Å². The third-order valence-corrected chi connectivity index (χ3v) is 7.16. The molecule has 0 aliphatic rings. The van der Waals surface area contributed by atoms with Crippen LogP contribution in [0.3, 0.4) is 0 Å². The van der Waals surface area contributed by atoms with E-state index in [0.29, 0.717) is 25.7 Å². The van der Waals surface area contributed by atoms with Crippen molar-refractivity contribution in [2.75, 3.05) is 6.54 Å². The Morgan fingerprint density at radius 3 is 1.86 bits per heavy atom. The van der Waals surface area contributed by atoms with Gasteiger partial charge in [-0.05, 0) is 30.6 Å². The maximum absolute atomic E-state index is 12.1. The van der Waals surface area contributed by atoms with Gasteiger partial charge in [-0.3, -0.25) is 14.4 Å². The number of carboxylic acid groups (broad SMARTS) is 3. The molecule has 11 nitrogen and oxygen atoms in total. The third-order valence-electron chi connectivity index (χ3n) is 7.16. The molecule has 0 aliphatic carbocycles. The average molecular weight is 522 g/mol. The van der Waals surface area contributed by atoms with E-state index in [9.17, 15) is 45.0 Å². The van der Waals surface area contributed by atoms with Gasteiger partial charge in [0.2, 0.25) is 0 Å². The quantitative estimate of drug-likeness (QED) is 0.101. The summed E-state index contributed by atoms with van der Waals surface area (Å²) in [4.78, 5) is 35.2. The second kappa shape index (κ2) is 17.6. The minimum atomic E-state index is -1.67. The van der Waals surface area contributed by atoms with Crippen molar-refractivity contribution in [2.45, 2.75) is 103 Å². The van der Waals surface area contributed by atoms with E-state index in [-0.39, 0.29) is 31.2 Å². The van der Waals surface area contributed by atoms with Gasteiger partial charge < -0.3 is 41.5 Å². The Balaban J connectivity index is 5.17. The van der Waals surface area contributed by atoms with E-state index < -0.39 is 66.5 Å². The molecule has 0 bridgehead atoms. The fraction of sp³-hybridized carbons (Fsp3) is 0.880. The van der Waals surface area contributed by atoms with Crippen molar-refractivity contribution in [1.29, 1.82) is 0 Å². The zero-order valence-electron chi connectivity index (χ0n) is 21.7. The van der Waals surface area contributed by atoms with Crippen molar-refractivity contribution in [1.82, 2.24) is 0 Å². The number of rotatable bonds is 21. The van der Waals surface area contributed by atoms with Gasteiger partial charge in [-0.25, -0.2) is 0 Å². The molecular weight excluding hydrogens is 474 g/mol. The summed E-state index contributed by atoms with van der Waals surface area (Å²) in [5.41, 5.74) is 5.31. The number of aliphatic hydroxyl groups excluding tert-OH is 4. The molecule has 2 unspecified atom stereocenters. The maximum atomic E-state index is 12.1. The second-order valence-electron chi connectivity index (χ2n) is 10.2. The number of unbranched alkanes of at least 4 members (excludes halogenated alkanes) is 2. The first kappa shape index (κ1) is 34.2. The maximum Gasteiger partial charge on any atom is 0.307 e. The van der Waals surface area contributed by atoms with Gasteiger partial charge in [0.15, 0.2) is 0 Å². The number of aliphatic hydroxyl groups is 4. The molecule has 0 saturated carbocycles. The molecule has 0 aromatic heterocycles. The monoisotopic (exact) mass is 521 g/mol. The van der Waals surface area contributed by atoms with E-state index in [2.05, 4.69) is 0 Å². The van der Waals surface area contributed by atoms with Gasteiger partial charge in [0.05, 0.1) is 42.7 Å². The van der Waals surface area contributed by atoms with Gasteiger partial charge in [-0.1, -0.05) is 52.9 Å². The Kier molecular flexibility index (Phi) is 16.8. The normalized spacial score (nSPS) is 19.3. The number of aliphatic carboxylic acids is 3. The van der Waals surface area contributed by atoms with Gasteiger partial charge in [0.1, 0.15) is 0 Å². The summed E-state index contributed by atoms with van der Waals surface area (Å²) < 4.78 is 0. The summed E-state index contributed by atoms with van der Waals surface area (Å²) in [5.74, 6) is -8.87. The van der Waals surface area contributed by atoms with Crippen LogP contribution in [0.4, 0.5) is 0 Å². The SMILES string of the molecule is CC[C@@H](C)[C@@H](O)C(C[C@@H](C)CCCCC[C@@H](O)[C@@H](O)C[C@H](O)CN)C(C(=O)O)[C@@H](CC(=O)O)C(=O)O. The summed E-state index contributed by atoms with van der Waals surface area (Å²) in [6.45, 7) is 5.47. The summed E-state index contributed by atoms with van der Waals surface area (Å²) in [6, 6.07) is 0. The molecule has 0 rings (SSSR count). The Labute approximate surface area is 213 Å². The number of hydrogen-bond acceptors (Lipinski definition) is 8. The topological polar surface area (TPSA) is 219 Å². The Morgan fingerprint density at radius 2 is 1.39 bits per heavy atom. The van der Waals surface area contributed by atoms with Crippen LogP contribution in [0.25, 0.3) is 0 Å². The van der Waals surface area contributed by atoms with E-state index in [0.717, 1.165) is 12.8 Å². The zero-order chi connectivity index (χ0) is 28.0. The lowest BCUT2D eigenvalue weighted by atomic mass is 9.70. The highest BCUT2D eigenvalue weighted by Gasteiger charge is 2.44. The highest BCUT2D eigenvalue weighted by atomic mass is 16.4. The second-order valence-corrected chi connectivity index (χ2v) is 10.2. The van der Waals surface area contributed by atoms with Gasteiger partial charge in [-0.15, -0.1) is 0 Å². The van der Waals surface area contributed by atoms with Crippen molar-refractivity contribution in [3.05, 3.63) is 0 Å². The molecule has 11 heteroatoms. The van der Waals surface area contributed by atoms with Crippen LogP contribution < -0.4 is 5.73 Å². The van der Waals surface area contributed by atoms with Crippen LogP contribution in [-0.2, 0) is 14.4 Å². The molecule has 9 N–H and O–H groups in total. The Morgan fingerprint density at radius 1 is 0.806 bits per heavy atom. The van der Waals surface area contributed by atoms with E-state index in [1.54, 1.807) is 6.92 Å². The zero-order valence-corrected chi connectivity index (χ0v) is 21.7. The molecule has 0 amide bonds. The van der Waals surface area contributed by atoms with Gasteiger partial charge >= 0.3 is 17.9 Å². The number of carboxylic acids is 3. The lowest BCUT2D eigenvalue weighted by Gasteiger charge is -2.35. The van der Waals surface area contributed by atoms with Crippen LogP contribution in [0.1, 0.15) is 78.6 Å². The molecule has 212 valence electrons. The van der Waals surface area contributed by atoms with Crippen LogP contribution in [0, 0.1) is 29.6 Å². The molecule has 0 spiro atoms. The molecule has 0 aromatic rings. The lowest BCUT2D eigenvalue weighted by molar-refractivity contribution is -0.162. The first-order valence-corrected chi connectivity index (χ1v) is 12.9. The lowest BCUT2D eigenvalue weighted by Crippen LogP contribution is -2.44. The predicted octanol–water partition coefficient (Wildman–Crippen LogP) is 1.29. The Bertz CT molecular complexity index is 661. The Hall–Kier alpha value is -1.79. The van der Waals surface area contributed by atoms with Gasteiger partial charge in [0, 0.05) is 13.0 Å². The number of nitrogens with two attached hydrogens (primary N) is 1. The minimum Gasteiger partial charge on any atom is -0.481 e. The van der Waals surface area contributed by atoms with Gasteiger partial charge in [-0.2, -0.15) is 0 Å². The van der Waals surface area contributed by atoms with Crippen LogP contribution in [0.2, 0.25) is 0 Å². The fourth-order valence-corrected chi connectivity index (χ4v) is 4.70. The van der Waals surface area contributed by atoms with Crippen molar-refractivity contribution >= 4 is 17.9 Å². The highest BCUT2D eigenvalue weighted by Crippen LogP contribution is 2.36. The van der Waals surface area contributed by atoms with Crippen molar-refractivity contribution in [3.8, 4) is 0 Å². The largest absolute Gasteiger partial charge is 0.481 e. The fourth-order valence-electron chi connectivity index (χ4n) is 4.70. The molecule has 0 saturated heterocycles. The van der Waals surface area contributed by atoms with E-state index >= 15 is 0 Å². The molecule has 0 radical (unpaired) electrons.